The van der Waals surface area contributed by atoms with E-state index < -0.39 is 0 Å². The molecule has 1 aromatic heterocycles. The molecule has 0 atom stereocenters. The van der Waals surface area contributed by atoms with Crippen molar-refractivity contribution in [3.05, 3.63) is 83.4 Å². The van der Waals surface area contributed by atoms with Crippen LogP contribution in [0.15, 0.2) is 70.2 Å². The van der Waals surface area contributed by atoms with Crippen LogP contribution in [-0.2, 0) is 16.6 Å². The Kier molecular flexibility index (Phi) is 5.73. The lowest BCUT2D eigenvalue weighted by Crippen LogP contribution is -2.20. The van der Waals surface area contributed by atoms with Crippen LogP contribution in [0.25, 0.3) is 11.3 Å². The first-order valence-corrected chi connectivity index (χ1v) is 9.08. The van der Waals surface area contributed by atoms with Crippen molar-refractivity contribution in [1.29, 1.82) is 0 Å². The third kappa shape index (κ3) is 5.16. The SMILES string of the molecule is CC(C)(C)c1ccc(CC(=O)NN=Cc2ccc(-c3ccc(F)cc3)o2)cc1. The average Bonchev–Trinajstić information content (AvgIpc) is 3.11. The summed E-state index contributed by atoms with van der Waals surface area (Å²) in [4.78, 5) is 12.1. The average molecular weight is 378 g/mol. The van der Waals surface area contributed by atoms with Gasteiger partial charge in [-0.1, -0.05) is 45.0 Å². The van der Waals surface area contributed by atoms with E-state index in [0.717, 1.165) is 11.1 Å². The summed E-state index contributed by atoms with van der Waals surface area (Å²) in [7, 11) is 0. The van der Waals surface area contributed by atoms with Gasteiger partial charge in [0.2, 0.25) is 5.91 Å². The first kappa shape index (κ1) is 19.5. The number of halogens is 1. The van der Waals surface area contributed by atoms with Crippen molar-refractivity contribution < 1.29 is 13.6 Å². The molecule has 4 nitrogen and oxygen atoms in total. The molecular formula is C23H23FN2O2. The Morgan fingerprint density at radius 2 is 1.71 bits per heavy atom. The van der Waals surface area contributed by atoms with E-state index in [4.69, 9.17) is 4.42 Å². The van der Waals surface area contributed by atoms with Gasteiger partial charge in [0.25, 0.3) is 0 Å². The molecule has 5 heteroatoms. The summed E-state index contributed by atoms with van der Waals surface area (Å²) in [6.07, 6.45) is 1.69. The number of amides is 1. The lowest BCUT2D eigenvalue weighted by Gasteiger charge is -2.19. The summed E-state index contributed by atoms with van der Waals surface area (Å²) in [5.74, 6) is 0.596. The van der Waals surface area contributed by atoms with Gasteiger partial charge in [-0.2, -0.15) is 5.10 Å². The fourth-order valence-electron chi connectivity index (χ4n) is 2.71. The summed E-state index contributed by atoms with van der Waals surface area (Å²) >= 11 is 0. The fourth-order valence-corrected chi connectivity index (χ4v) is 2.71. The minimum atomic E-state index is -0.298. The number of carbonyl (C=O) groups excluding carboxylic acids is 1. The van der Waals surface area contributed by atoms with Gasteiger partial charge in [-0.25, -0.2) is 9.82 Å². The van der Waals surface area contributed by atoms with Gasteiger partial charge in [0, 0.05) is 5.56 Å². The van der Waals surface area contributed by atoms with Crippen molar-refractivity contribution in [2.75, 3.05) is 0 Å². The van der Waals surface area contributed by atoms with Gasteiger partial charge in [0.1, 0.15) is 17.3 Å². The summed E-state index contributed by atoms with van der Waals surface area (Å²) < 4.78 is 18.6. The Labute approximate surface area is 164 Å². The van der Waals surface area contributed by atoms with Crippen molar-refractivity contribution in [2.24, 2.45) is 5.10 Å². The molecule has 2 aromatic carbocycles. The highest BCUT2D eigenvalue weighted by Gasteiger charge is 2.13. The monoisotopic (exact) mass is 378 g/mol. The maximum absolute atomic E-state index is 13.0. The first-order valence-electron chi connectivity index (χ1n) is 9.08. The number of hydrazone groups is 1. The molecule has 28 heavy (non-hydrogen) atoms. The Balaban J connectivity index is 1.54. The number of carbonyl (C=O) groups is 1. The number of hydrogen-bond donors (Lipinski definition) is 1. The molecule has 0 saturated carbocycles. The molecule has 3 rings (SSSR count). The van der Waals surface area contributed by atoms with Crippen molar-refractivity contribution in [3.8, 4) is 11.3 Å². The van der Waals surface area contributed by atoms with Crippen LogP contribution in [0, 0.1) is 5.82 Å². The predicted octanol–water partition coefficient (Wildman–Crippen LogP) is 5.08. The molecule has 1 amide bonds. The second-order valence-corrected chi connectivity index (χ2v) is 7.63. The van der Waals surface area contributed by atoms with E-state index in [1.807, 2.05) is 24.3 Å². The molecular weight excluding hydrogens is 355 g/mol. The second-order valence-electron chi connectivity index (χ2n) is 7.63. The van der Waals surface area contributed by atoms with E-state index in [2.05, 4.69) is 31.3 Å². The maximum Gasteiger partial charge on any atom is 0.244 e. The lowest BCUT2D eigenvalue weighted by molar-refractivity contribution is -0.120. The van der Waals surface area contributed by atoms with Crippen molar-refractivity contribution in [3.63, 3.8) is 0 Å². The van der Waals surface area contributed by atoms with Crippen molar-refractivity contribution >= 4 is 12.1 Å². The highest BCUT2D eigenvalue weighted by atomic mass is 19.1. The van der Waals surface area contributed by atoms with Crippen LogP contribution in [0.3, 0.4) is 0 Å². The third-order valence-electron chi connectivity index (χ3n) is 4.32. The zero-order chi connectivity index (χ0) is 20.1. The van der Waals surface area contributed by atoms with Crippen LogP contribution in [0.2, 0.25) is 0 Å². The molecule has 0 bridgehead atoms. The molecule has 0 aliphatic heterocycles. The summed E-state index contributed by atoms with van der Waals surface area (Å²) in [6, 6.07) is 17.6. The molecule has 0 unspecified atom stereocenters. The zero-order valence-electron chi connectivity index (χ0n) is 16.2. The highest BCUT2D eigenvalue weighted by molar-refractivity contribution is 5.82. The zero-order valence-corrected chi connectivity index (χ0v) is 16.2. The molecule has 0 fully saturated rings. The minimum absolute atomic E-state index is 0.0842. The number of rotatable bonds is 5. The number of nitrogens with one attached hydrogen (secondary N) is 1. The van der Waals surface area contributed by atoms with Crippen LogP contribution < -0.4 is 5.43 Å². The molecule has 0 aliphatic carbocycles. The Morgan fingerprint density at radius 1 is 1.04 bits per heavy atom. The van der Waals surface area contributed by atoms with E-state index in [1.165, 1.54) is 23.9 Å². The molecule has 1 N–H and O–H groups in total. The van der Waals surface area contributed by atoms with Gasteiger partial charge in [-0.05, 0) is 52.9 Å². The van der Waals surface area contributed by atoms with E-state index >= 15 is 0 Å². The summed E-state index contributed by atoms with van der Waals surface area (Å²) in [6.45, 7) is 6.46. The molecule has 144 valence electrons. The van der Waals surface area contributed by atoms with E-state index in [9.17, 15) is 9.18 Å². The predicted molar refractivity (Wildman–Crippen MR) is 109 cm³/mol. The van der Waals surface area contributed by atoms with Gasteiger partial charge >= 0.3 is 0 Å². The number of benzene rings is 2. The quantitative estimate of drug-likeness (QED) is 0.497. The van der Waals surface area contributed by atoms with Crippen LogP contribution in [-0.4, -0.2) is 12.1 Å². The van der Waals surface area contributed by atoms with Gasteiger partial charge in [0.05, 0.1) is 12.6 Å². The lowest BCUT2D eigenvalue weighted by atomic mass is 9.86. The normalized spacial score (nSPS) is 11.7. The molecule has 1 heterocycles. The second kappa shape index (κ2) is 8.21. The smallest absolute Gasteiger partial charge is 0.244 e. The van der Waals surface area contributed by atoms with Crippen molar-refractivity contribution in [1.82, 2.24) is 5.43 Å². The van der Waals surface area contributed by atoms with Crippen molar-refractivity contribution in [2.45, 2.75) is 32.6 Å². The van der Waals surface area contributed by atoms with Gasteiger partial charge in [0.15, 0.2) is 0 Å². The van der Waals surface area contributed by atoms with Crippen LogP contribution >= 0.6 is 0 Å². The molecule has 0 radical (unpaired) electrons. The van der Waals surface area contributed by atoms with Gasteiger partial charge < -0.3 is 4.42 Å². The number of nitrogens with zero attached hydrogens (tertiary/aromatic N) is 1. The third-order valence-corrected chi connectivity index (χ3v) is 4.32. The van der Waals surface area contributed by atoms with E-state index in [0.29, 0.717) is 11.5 Å². The number of furan rings is 1. The van der Waals surface area contributed by atoms with E-state index in [-0.39, 0.29) is 23.6 Å². The van der Waals surface area contributed by atoms with Crippen LogP contribution in [0.1, 0.15) is 37.7 Å². The van der Waals surface area contributed by atoms with Crippen LogP contribution in [0.4, 0.5) is 4.39 Å². The number of hydrogen-bond acceptors (Lipinski definition) is 3. The summed E-state index contributed by atoms with van der Waals surface area (Å²) in [5.41, 5.74) is 5.51. The highest BCUT2D eigenvalue weighted by Crippen LogP contribution is 2.23. The molecule has 0 spiro atoms. The topological polar surface area (TPSA) is 54.6 Å². The Morgan fingerprint density at radius 3 is 2.36 bits per heavy atom. The molecule has 3 aromatic rings. The minimum Gasteiger partial charge on any atom is -0.455 e. The van der Waals surface area contributed by atoms with Gasteiger partial charge in [-0.15, -0.1) is 0 Å². The van der Waals surface area contributed by atoms with E-state index in [1.54, 1.807) is 24.3 Å². The standard InChI is InChI=1S/C23H23FN2O2/c1-23(2,3)18-8-4-16(5-9-18)14-22(27)26-25-15-20-12-13-21(28-20)17-6-10-19(24)11-7-17/h4-13,15H,14H2,1-3H3,(H,26,27). The van der Waals surface area contributed by atoms with Gasteiger partial charge in [-0.3, -0.25) is 4.79 Å². The Bertz CT molecular complexity index is 965. The first-order chi connectivity index (χ1) is 13.3. The van der Waals surface area contributed by atoms with Crippen LogP contribution in [0.5, 0.6) is 0 Å². The summed E-state index contributed by atoms with van der Waals surface area (Å²) in [5, 5.41) is 3.94. The molecule has 0 saturated heterocycles. The Hall–Kier alpha value is -3.21. The largest absolute Gasteiger partial charge is 0.455 e. The maximum atomic E-state index is 13.0. The fraction of sp³-hybridized carbons (Fsp3) is 0.217. The molecule has 0 aliphatic rings.